The minimum absolute atomic E-state index is 0.0441. The second kappa shape index (κ2) is 9.87. The van der Waals surface area contributed by atoms with E-state index in [1.54, 1.807) is 30.3 Å². The lowest BCUT2D eigenvalue weighted by atomic mass is 9.92. The van der Waals surface area contributed by atoms with Crippen LogP contribution in [0.5, 0.6) is 11.5 Å². The number of benzene rings is 3. The molecule has 11 heteroatoms. The van der Waals surface area contributed by atoms with Crippen LogP contribution in [0.2, 0.25) is 0 Å². The number of halogens is 6. The van der Waals surface area contributed by atoms with Crippen molar-refractivity contribution in [1.29, 1.82) is 0 Å². The average molecular weight is 500 g/mol. The van der Waals surface area contributed by atoms with Gasteiger partial charge in [-0.1, -0.05) is 42.5 Å². The fourth-order valence-corrected chi connectivity index (χ4v) is 3.16. The number of aromatic carboxylic acids is 1. The maximum absolute atomic E-state index is 13.1. The summed E-state index contributed by atoms with van der Waals surface area (Å²) in [6.45, 7) is -0.188. The Morgan fingerprint density at radius 3 is 1.77 bits per heavy atom. The van der Waals surface area contributed by atoms with Gasteiger partial charge in [0.25, 0.3) is 5.60 Å². The Hall–Kier alpha value is -3.73. The van der Waals surface area contributed by atoms with Crippen molar-refractivity contribution in [2.75, 3.05) is 6.61 Å². The third kappa shape index (κ3) is 5.68. The number of carboxylic acids is 1. The molecule has 0 heterocycles. The Morgan fingerprint density at radius 2 is 1.29 bits per heavy atom. The summed E-state index contributed by atoms with van der Waals surface area (Å²) in [6, 6.07) is 16.9. The van der Waals surface area contributed by atoms with Gasteiger partial charge < -0.3 is 19.7 Å². The number of alkyl halides is 6. The van der Waals surface area contributed by atoms with Crippen molar-refractivity contribution in [3.63, 3.8) is 0 Å². The lowest BCUT2D eigenvalue weighted by Gasteiger charge is -2.32. The molecule has 0 aliphatic carbocycles. The molecule has 0 saturated heterocycles. The highest BCUT2D eigenvalue weighted by Crippen LogP contribution is 2.50. The van der Waals surface area contributed by atoms with Crippen LogP contribution < -0.4 is 9.47 Å². The largest absolute Gasteiger partial charge is 0.489 e. The molecule has 0 bridgehead atoms. The summed E-state index contributed by atoms with van der Waals surface area (Å²) in [5, 5.41) is 18.5. The second-order valence-corrected chi connectivity index (χ2v) is 7.39. The average Bonchev–Trinajstić information content (AvgIpc) is 2.81. The van der Waals surface area contributed by atoms with E-state index in [1.165, 1.54) is 24.3 Å². The van der Waals surface area contributed by atoms with Crippen molar-refractivity contribution >= 4 is 5.97 Å². The SMILES string of the molecule is O=C(O)c1ccc(OC(COc2ccc(C(O)(C(F)(F)F)C(F)(F)F)cc2)c2ccccc2)cc1. The van der Waals surface area contributed by atoms with E-state index in [-0.39, 0.29) is 17.9 Å². The maximum atomic E-state index is 13.1. The minimum Gasteiger partial charge on any atom is -0.489 e. The lowest BCUT2D eigenvalue weighted by Crippen LogP contribution is -2.53. The van der Waals surface area contributed by atoms with Crippen molar-refractivity contribution in [1.82, 2.24) is 0 Å². The number of hydrogen-bond acceptors (Lipinski definition) is 4. The van der Waals surface area contributed by atoms with E-state index >= 15 is 0 Å². The fourth-order valence-electron chi connectivity index (χ4n) is 3.16. The minimum atomic E-state index is -5.99. The van der Waals surface area contributed by atoms with Crippen LogP contribution >= 0.6 is 0 Å². The Kier molecular flexibility index (Phi) is 7.30. The van der Waals surface area contributed by atoms with E-state index in [0.717, 1.165) is 12.1 Å². The van der Waals surface area contributed by atoms with Gasteiger partial charge in [0.05, 0.1) is 5.56 Å². The highest BCUT2D eigenvalue weighted by Gasteiger charge is 2.71. The number of ether oxygens (including phenoxy) is 2. The Bertz CT molecular complexity index is 1110. The van der Waals surface area contributed by atoms with E-state index < -0.39 is 35.6 Å². The first-order chi connectivity index (χ1) is 16.3. The molecule has 2 N–H and O–H groups in total. The van der Waals surface area contributed by atoms with Gasteiger partial charge in [-0.3, -0.25) is 0 Å². The van der Waals surface area contributed by atoms with Crippen molar-refractivity contribution in [2.24, 2.45) is 0 Å². The smallest absolute Gasteiger partial charge is 0.430 e. The molecule has 0 radical (unpaired) electrons. The molecule has 35 heavy (non-hydrogen) atoms. The standard InChI is InChI=1S/C24H18F6O5/c25-23(26,27)22(33,24(28,29)30)17-8-12-18(13-9-17)34-14-20(15-4-2-1-3-5-15)35-19-10-6-16(7-11-19)21(31)32/h1-13,20,33H,14H2,(H,31,32). The molecule has 1 atom stereocenters. The normalized spacial score (nSPS) is 13.2. The van der Waals surface area contributed by atoms with Crippen LogP contribution in [-0.2, 0) is 5.60 Å². The van der Waals surface area contributed by atoms with Crippen molar-refractivity contribution in [3.8, 4) is 11.5 Å². The molecule has 5 nitrogen and oxygen atoms in total. The van der Waals surface area contributed by atoms with Crippen LogP contribution in [-0.4, -0.2) is 35.1 Å². The van der Waals surface area contributed by atoms with Gasteiger partial charge >= 0.3 is 18.3 Å². The third-order valence-corrected chi connectivity index (χ3v) is 5.04. The zero-order valence-electron chi connectivity index (χ0n) is 17.7. The summed E-state index contributed by atoms with van der Waals surface area (Å²) in [5.41, 5.74) is -5.74. The number of carbonyl (C=O) groups is 1. The van der Waals surface area contributed by atoms with Gasteiger partial charge in [0.2, 0.25) is 0 Å². The van der Waals surface area contributed by atoms with E-state index in [4.69, 9.17) is 14.6 Å². The van der Waals surface area contributed by atoms with Crippen LogP contribution in [0.4, 0.5) is 26.3 Å². The predicted octanol–water partition coefficient (Wildman–Crippen LogP) is 5.90. The summed E-state index contributed by atoms with van der Waals surface area (Å²) in [4.78, 5) is 11.0. The molecular formula is C24H18F6O5. The second-order valence-electron chi connectivity index (χ2n) is 7.39. The van der Waals surface area contributed by atoms with Crippen molar-refractivity contribution in [3.05, 3.63) is 95.6 Å². The summed E-state index contributed by atoms with van der Waals surface area (Å²) >= 11 is 0. The van der Waals surface area contributed by atoms with E-state index in [0.29, 0.717) is 23.4 Å². The van der Waals surface area contributed by atoms with Gasteiger partial charge in [-0.25, -0.2) is 4.79 Å². The molecule has 0 spiro atoms. The Balaban J connectivity index is 1.79. The van der Waals surface area contributed by atoms with Crippen LogP contribution in [0.1, 0.15) is 27.6 Å². The summed E-state index contributed by atoms with van der Waals surface area (Å²) in [6.07, 6.45) is -12.7. The van der Waals surface area contributed by atoms with E-state index in [1.807, 2.05) is 0 Å². The highest BCUT2D eigenvalue weighted by molar-refractivity contribution is 5.87. The molecule has 3 aromatic rings. The van der Waals surface area contributed by atoms with Crippen LogP contribution in [0, 0.1) is 0 Å². The number of rotatable bonds is 8. The molecule has 0 amide bonds. The van der Waals surface area contributed by atoms with Crippen molar-refractivity contribution in [2.45, 2.75) is 24.1 Å². The third-order valence-electron chi connectivity index (χ3n) is 5.04. The zero-order valence-corrected chi connectivity index (χ0v) is 17.7. The number of aliphatic hydroxyl groups is 1. The van der Waals surface area contributed by atoms with E-state index in [2.05, 4.69) is 0 Å². The van der Waals surface area contributed by atoms with Crippen LogP contribution in [0.3, 0.4) is 0 Å². The number of carboxylic acid groups (broad SMARTS) is 1. The summed E-state index contributed by atoms with van der Waals surface area (Å²) in [5.74, 6) is -0.875. The Morgan fingerprint density at radius 1 is 0.771 bits per heavy atom. The van der Waals surface area contributed by atoms with Gasteiger partial charge in [0.1, 0.15) is 18.1 Å². The monoisotopic (exact) mass is 500 g/mol. The first-order valence-electron chi connectivity index (χ1n) is 9.97. The van der Waals surface area contributed by atoms with Crippen LogP contribution in [0.25, 0.3) is 0 Å². The molecular weight excluding hydrogens is 482 g/mol. The summed E-state index contributed by atoms with van der Waals surface area (Å²) < 4.78 is 89.7. The fraction of sp³-hybridized carbons (Fsp3) is 0.208. The predicted molar refractivity (Wildman–Crippen MR) is 111 cm³/mol. The van der Waals surface area contributed by atoms with Gasteiger partial charge in [-0.05, 0) is 42.0 Å². The highest BCUT2D eigenvalue weighted by atomic mass is 19.4. The molecule has 186 valence electrons. The van der Waals surface area contributed by atoms with Gasteiger partial charge in [0, 0.05) is 5.56 Å². The van der Waals surface area contributed by atoms with Gasteiger partial charge in [-0.2, -0.15) is 26.3 Å². The maximum Gasteiger partial charge on any atom is 0.430 e. The quantitative estimate of drug-likeness (QED) is 0.377. The van der Waals surface area contributed by atoms with Crippen molar-refractivity contribution < 1.29 is 50.8 Å². The van der Waals surface area contributed by atoms with Crippen LogP contribution in [0.15, 0.2) is 78.9 Å². The molecule has 3 aromatic carbocycles. The lowest BCUT2D eigenvalue weighted by molar-refractivity contribution is -0.376. The van der Waals surface area contributed by atoms with Gasteiger partial charge in [-0.15, -0.1) is 0 Å². The summed E-state index contributed by atoms with van der Waals surface area (Å²) in [7, 11) is 0. The molecule has 0 aliphatic heterocycles. The first-order valence-corrected chi connectivity index (χ1v) is 9.97. The zero-order chi connectivity index (χ0) is 25.9. The van der Waals surface area contributed by atoms with Gasteiger partial charge in [0.15, 0.2) is 6.10 Å². The first kappa shape index (κ1) is 25.9. The molecule has 3 rings (SSSR count). The molecule has 0 fully saturated rings. The molecule has 0 aliphatic rings. The van der Waals surface area contributed by atoms with E-state index in [9.17, 15) is 36.2 Å². The topological polar surface area (TPSA) is 76.0 Å². The molecule has 1 unspecified atom stereocenters. The molecule has 0 saturated carbocycles. The molecule has 0 aromatic heterocycles. The Labute approximate surface area is 195 Å². The number of hydrogen-bond donors (Lipinski definition) is 2.